The summed E-state index contributed by atoms with van der Waals surface area (Å²) in [5, 5.41) is 31.9. The minimum atomic E-state index is -1.39. The second-order valence-corrected chi connectivity index (χ2v) is 16.6. The van der Waals surface area contributed by atoms with Gasteiger partial charge in [0.25, 0.3) is 0 Å². The Morgan fingerprint density at radius 2 is 1.05 bits per heavy atom. The van der Waals surface area contributed by atoms with Crippen LogP contribution in [0.1, 0.15) is 88.1 Å². The lowest BCUT2D eigenvalue weighted by Crippen LogP contribution is -2.62. The molecule has 0 saturated carbocycles. The number of aromatic amines is 1. The quantitative estimate of drug-likeness (QED) is 0.192. The lowest BCUT2D eigenvalue weighted by Gasteiger charge is -2.33. The molecule has 0 bridgehead atoms. The molecular formula is C40H64N8O7. The molecule has 15 nitrogen and oxygen atoms in total. The fourth-order valence-corrected chi connectivity index (χ4v) is 6.65. The molecule has 1 aromatic heterocycles. The number of hydrogen-bond donors (Lipinski definition) is 9. The number of benzene rings is 1. The maximum atomic E-state index is 14.3. The molecule has 2 aromatic rings. The lowest BCUT2D eigenvalue weighted by atomic mass is 9.96. The van der Waals surface area contributed by atoms with Crippen LogP contribution >= 0.6 is 0 Å². The Morgan fingerprint density at radius 3 is 1.60 bits per heavy atom. The first kappa shape index (κ1) is 44.9. The molecule has 2 heterocycles. The van der Waals surface area contributed by atoms with Crippen LogP contribution in [0.2, 0.25) is 0 Å². The predicted molar refractivity (Wildman–Crippen MR) is 211 cm³/mol. The van der Waals surface area contributed by atoms with Crippen LogP contribution in [0.15, 0.2) is 30.5 Å². The highest BCUT2D eigenvalue weighted by molar-refractivity contribution is 5.97. The molecule has 9 N–H and O–H groups in total. The van der Waals surface area contributed by atoms with Crippen molar-refractivity contribution < 1.29 is 33.9 Å². The first-order valence-corrected chi connectivity index (χ1v) is 19.5. The summed E-state index contributed by atoms with van der Waals surface area (Å²) in [6.45, 7) is 19.5. The summed E-state index contributed by atoms with van der Waals surface area (Å²) in [6.07, 6.45) is 0.663. The van der Waals surface area contributed by atoms with Gasteiger partial charge in [0.2, 0.25) is 35.4 Å². The summed E-state index contributed by atoms with van der Waals surface area (Å²) >= 11 is 0. The highest BCUT2D eigenvalue weighted by atomic mass is 16.3. The van der Waals surface area contributed by atoms with E-state index in [1.165, 1.54) is 6.92 Å². The van der Waals surface area contributed by atoms with E-state index >= 15 is 0 Å². The van der Waals surface area contributed by atoms with E-state index in [0.29, 0.717) is 0 Å². The van der Waals surface area contributed by atoms with Crippen molar-refractivity contribution in [1.29, 1.82) is 0 Å². The first-order chi connectivity index (χ1) is 25.7. The predicted octanol–water partition coefficient (Wildman–Crippen LogP) is 1.60. The Hall–Kier alpha value is -4.50. The summed E-state index contributed by atoms with van der Waals surface area (Å²) in [4.78, 5) is 86.6. The Kier molecular flexibility index (Phi) is 16.2. The van der Waals surface area contributed by atoms with Gasteiger partial charge in [0.05, 0.1) is 12.1 Å². The molecule has 3 rings (SSSR count). The van der Waals surface area contributed by atoms with Crippen molar-refractivity contribution in [2.75, 3.05) is 0 Å². The van der Waals surface area contributed by atoms with Gasteiger partial charge in [-0.25, -0.2) is 0 Å². The molecule has 4 unspecified atom stereocenters. The molecule has 1 aliphatic heterocycles. The fourth-order valence-electron chi connectivity index (χ4n) is 6.65. The van der Waals surface area contributed by atoms with Crippen molar-refractivity contribution in [2.45, 2.75) is 138 Å². The van der Waals surface area contributed by atoms with Crippen molar-refractivity contribution in [3.8, 4) is 0 Å². The molecule has 1 fully saturated rings. The van der Waals surface area contributed by atoms with Gasteiger partial charge in [-0.1, -0.05) is 87.4 Å². The van der Waals surface area contributed by atoms with Gasteiger partial charge >= 0.3 is 0 Å². The number of aliphatic hydroxyl groups is 1. The molecule has 15 heteroatoms. The summed E-state index contributed by atoms with van der Waals surface area (Å²) < 4.78 is 0. The number of nitrogens with one attached hydrogen (secondary N) is 8. The number of fused-ring (bicyclic) bond motifs is 1. The van der Waals surface area contributed by atoms with Crippen LogP contribution in [0, 0.1) is 29.6 Å². The number of carbonyl (C=O) groups is 6. The van der Waals surface area contributed by atoms with Crippen LogP contribution in [-0.2, 0) is 35.2 Å². The summed E-state index contributed by atoms with van der Waals surface area (Å²) in [6, 6.07) is 0.231. The third-order valence-corrected chi connectivity index (χ3v) is 9.99. The molecule has 6 amide bonds. The van der Waals surface area contributed by atoms with Crippen LogP contribution in [0.25, 0.3) is 10.9 Å². The second-order valence-electron chi connectivity index (χ2n) is 16.6. The van der Waals surface area contributed by atoms with Gasteiger partial charge in [-0.3, -0.25) is 34.1 Å². The van der Waals surface area contributed by atoms with Crippen molar-refractivity contribution in [2.24, 2.45) is 29.6 Å². The van der Waals surface area contributed by atoms with E-state index in [1.54, 1.807) is 61.6 Å². The molecule has 8 atom stereocenters. The summed E-state index contributed by atoms with van der Waals surface area (Å²) in [5.74, 6) is -5.12. The molecule has 1 saturated heterocycles. The number of rotatable bonds is 8. The van der Waals surface area contributed by atoms with Crippen LogP contribution < -0.4 is 37.2 Å². The third-order valence-electron chi connectivity index (χ3n) is 9.99. The Morgan fingerprint density at radius 1 is 0.582 bits per heavy atom. The molecule has 306 valence electrons. The Bertz CT molecular complexity index is 1650. The summed E-state index contributed by atoms with van der Waals surface area (Å²) in [5.41, 5.74) is 1.59. The minimum absolute atomic E-state index is 0.0482. The maximum absolute atomic E-state index is 14.3. The number of aliphatic hydroxyl groups excluding tert-OH is 1. The molecule has 1 aliphatic rings. The SMILES string of the molecule is CC(C)C[C@H]1NC(=O)[C@H](Cc2c[nH]c3ccccc23)NC(=O)C(C(C)C)NC(=O)[C@H](C)NC(O)C(C(C)C)NC(=O)[C@@H](C(C)C)NC(=O)C(C(C)C)NC1=O. The van der Waals surface area contributed by atoms with E-state index in [-0.39, 0.29) is 30.6 Å². The second kappa shape index (κ2) is 19.9. The summed E-state index contributed by atoms with van der Waals surface area (Å²) in [7, 11) is 0. The molecular weight excluding hydrogens is 704 g/mol. The highest BCUT2D eigenvalue weighted by Crippen LogP contribution is 2.20. The molecule has 0 spiro atoms. The number of carbonyl (C=O) groups excluding carboxylic acids is 6. The van der Waals surface area contributed by atoms with E-state index in [9.17, 15) is 33.9 Å². The lowest BCUT2D eigenvalue weighted by molar-refractivity contribution is -0.136. The topological polar surface area (TPSA) is 223 Å². The van der Waals surface area contributed by atoms with Crippen molar-refractivity contribution in [1.82, 2.24) is 42.2 Å². The van der Waals surface area contributed by atoms with E-state index in [4.69, 9.17) is 0 Å². The molecule has 55 heavy (non-hydrogen) atoms. The molecule has 0 aliphatic carbocycles. The standard InChI is InChI=1S/C40H64N8O7/c1-19(2)16-28-36(51)46-32(22(7)8)39(54)48-33(23(9)10)40(55)47-30(20(3)4)37(52)42-24(11)34(49)45-31(21(5)6)38(53)44-29(35(50)43-28)17-25-18-41-27-15-13-12-14-26(25)27/h12-15,18-24,28-33,37,41-42,52H,16-17H2,1-11H3,(H,43,50)(H,44,53)(H,45,49)(H,46,51)(H,47,55)(H,48,54)/t24-,28+,29-,30?,31?,32?,33+,37?/m0/s1. The Balaban J connectivity index is 2.12. The van der Waals surface area contributed by atoms with Crippen LogP contribution in [0.3, 0.4) is 0 Å². The number of amides is 6. The average molecular weight is 769 g/mol. The average Bonchev–Trinajstić information content (AvgIpc) is 3.50. The van der Waals surface area contributed by atoms with E-state index in [0.717, 1.165) is 16.5 Å². The van der Waals surface area contributed by atoms with E-state index in [1.807, 2.05) is 38.1 Å². The minimum Gasteiger partial charge on any atom is -0.376 e. The van der Waals surface area contributed by atoms with Gasteiger partial charge in [-0.05, 0) is 54.6 Å². The van der Waals surface area contributed by atoms with Crippen LogP contribution in [0.5, 0.6) is 0 Å². The van der Waals surface area contributed by atoms with E-state index in [2.05, 4.69) is 42.2 Å². The fraction of sp³-hybridized carbons (Fsp3) is 0.650. The van der Waals surface area contributed by atoms with Gasteiger partial charge in [-0.2, -0.15) is 0 Å². The Labute approximate surface area is 325 Å². The number of para-hydroxylation sites is 1. The van der Waals surface area contributed by atoms with Crippen molar-refractivity contribution in [3.05, 3.63) is 36.0 Å². The normalized spacial score (nSPS) is 27.4. The van der Waals surface area contributed by atoms with Crippen molar-refractivity contribution in [3.63, 3.8) is 0 Å². The number of aromatic nitrogens is 1. The van der Waals surface area contributed by atoms with Gasteiger partial charge in [0.1, 0.15) is 36.4 Å². The zero-order valence-electron chi connectivity index (χ0n) is 34.2. The van der Waals surface area contributed by atoms with Crippen LogP contribution in [0.4, 0.5) is 0 Å². The third kappa shape index (κ3) is 12.2. The molecule has 1 aromatic carbocycles. The molecule has 0 radical (unpaired) electrons. The van der Waals surface area contributed by atoms with Gasteiger partial charge in [0, 0.05) is 23.5 Å². The number of H-pyrrole nitrogens is 1. The maximum Gasteiger partial charge on any atom is 0.243 e. The van der Waals surface area contributed by atoms with Crippen LogP contribution in [-0.4, -0.2) is 94.1 Å². The van der Waals surface area contributed by atoms with E-state index < -0.39 is 95.8 Å². The highest BCUT2D eigenvalue weighted by Gasteiger charge is 2.37. The van der Waals surface area contributed by atoms with Crippen molar-refractivity contribution >= 4 is 46.3 Å². The van der Waals surface area contributed by atoms with Gasteiger partial charge in [0.15, 0.2) is 0 Å². The zero-order chi connectivity index (χ0) is 41.3. The van der Waals surface area contributed by atoms with Gasteiger partial charge < -0.3 is 42.0 Å². The number of hydrogen-bond acceptors (Lipinski definition) is 8. The zero-order valence-corrected chi connectivity index (χ0v) is 34.2. The monoisotopic (exact) mass is 768 g/mol. The first-order valence-electron chi connectivity index (χ1n) is 19.5. The largest absolute Gasteiger partial charge is 0.376 e. The van der Waals surface area contributed by atoms with Gasteiger partial charge in [-0.15, -0.1) is 0 Å². The smallest absolute Gasteiger partial charge is 0.243 e.